The fourth-order valence-corrected chi connectivity index (χ4v) is 2.73. The van der Waals surface area contributed by atoms with Crippen molar-refractivity contribution < 1.29 is 0 Å². The Morgan fingerprint density at radius 2 is 2.09 bits per heavy atom. The van der Waals surface area contributed by atoms with Crippen LogP contribution in [0.25, 0.3) is 10.2 Å². The quantitative estimate of drug-likeness (QED) is 0.607. The zero-order valence-corrected chi connectivity index (χ0v) is 8.60. The predicted octanol–water partition coefficient (Wildman–Crippen LogP) is 1.94. The zero-order chi connectivity index (χ0) is 7.84. The summed E-state index contributed by atoms with van der Waals surface area (Å²) in [6.45, 7) is 0. The predicted molar refractivity (Wildman–Crippen MR) is 49.8 cm³/mol. The van der Waals surface area contributed by atoms with Gasteiger partial charge in [0.1, 0.15) is 0 Å². The van der Waals surface area contributed by atoms with Gasteiger partial charge in [0.25, 0.3) is 0 Å². The Kier molecular flexibility index (Phi) is 1.72. The molecule has 0 amide bonds. The molecule has 2 aromatic rings. The van der Waals surface area contributed by atoms with Crippen molar-refractivity contribution in [2.45, 2.75) is 0 Å². The Balaban J connectivity index is 3.04. The molecule has 0 fully saturated rings. The molecule has 0 aliphatic heterocycles. The summed E-state index contributed by atoms with van der Waals surface area (Å²) >= 11 is 4.83. The summed E-state index contributed by atoms with van der Waals surface area (Å²) in [5, 5.41) is 0. The topological polar surface area (TPSA) is 4.93 Å². The first-order chi connectivity index (χ1) is 5.29. The van der Waals surface area contributed by atoms with E-state index < -0.39 is 0 Å². The summed E-state index contributed by atoms with van der Waals surface area (Å²) in [5.41, 5.74) is 1.30. The van der Waals surface area contributed by atoms with Crippen molar-refractivity contribution in [2.24, 2.45) is 7.05 Å². The Labute approximate surface area is 76.6 Å². The molecule has 0 aliphatic carbocycles. The number of aromatic nitrogens is 1. The number of nitrogens with zero attached hydrogens (tertiary/aromatic N) is 1. The van der Waals surface area contributed by atoms with E-state index in [9.17, 15) is 0 Å². The van der Waals surface area contributed by atoms with Crippen LogP contribution in [0.1, 0.15) is 0 Å². The third-order valence-electron chi connectivity index (χ3n) is 1.70. The molecule has 1 heterocycles. The second-order valence-electron chi connectivity index (χ2n) is 2.39. The molecule has 2 rings (SSSR count). The Bertz CT molecular complexity index is 441. The molecule has 0 unspecified atom stereocenters. The SMILES string of the molecule is Cn1c(=[Se])sc2ccccc21. The average Bonchev–Trinajstić information content (AvgIpc) is 2.30. The molecule has 0 saturated carbocycles. The fourth-order valence-electron chi connectivity index (χ4n) is 1.08. The van der Waals surface area contributed by atoms with Gasteiger partial charge in [0, 0.05) is 0 Å². The Morgan fingerprint density at radius 3 is 2.82 bits per heavy atom. The van der Waals surface area contributed by atoms with E-state index in [1.165, 1.54) is 13.7 Å². The average molecular weight is 228 g/mol. The van der Waals surface area contributed by atoms with Crippen LogP contribution in [0, 0.1) is 3.51 Å². The minimum absolute atomic E-state index is 1.23. The summed E-state index contributed by atoms with van der Waals surface area (Å²) in [5.74, 6) is 0. The molecule has 56 valence electrons. The number of fused-ring (bicyclic) bond motifs is 1. The third kappa shape index (κ3) is 1.09. The zero-order valence-electron chi connectivity index (χ0n) is 6.07. The van der Waals surface area contributed by atoms with Crippen molar-refractivity contribution >= 4 is 37.1 Å². The number of hydrogen-bond acceptors (Lipinski definition) is 1. The van der Waals surface area contributed by atoms with E-state index in [-0.39, 0.29) is 0 Å². The molecule has 3 heteroatoms. The van der Waals surface area contributed by atoms with Gasteiger partial charge < -0.3 is 0 Å². The van der Waals surface area contributed by atoms with Gasteiger partial charge in [-0.3, -0.25) is 0 Å². The van der Waals surface area contributed by atoms with Gasteiger partial charge in [-0.2, -0.15) is 0 Å². The maximum absolute atomic E-state index is 3.04. The van der Waals surface area contributed by atoms with Crippen LogP contribution in [0.15, 0.2) is 24.3 Å². The summed E-state index contributed by atoms with van der Waals surface area (Å²) in [6, 6.07) is 8.40. The van der Waals surface area contributed by atoms with Gasteiger partial charge >= 0.3 is 76.5 Å². The van der Waals surface area contributed by atoms with E-state index in [2.05, 4.69) is 51.5 Å². The minimum atomic E-state index is 1.23. The number of hydrogen-bond donors (Lipinski definition) is 0. The van der Waals surface area contributed by atoms with Crippen LogP contribution in [0.2, 0.25) is 0 Å². The number of aryl methyl sites for hydroxylation is 1. The molecule has 0 radical (unpaired) electrons. The van der Waals surface area contributed by atoms with Crippen LogP contribution < -0.4 is 0 Å². The molecular formula is C8H7NSSe. The Morgan fingerprint density at radius 1 is 1.36 bits per heavy atom. The fraction of sp³-hybridized carbons (Fsp3) is 0.125. The molecule has 0 N–H and O–H groups in total. The van der Waals surface area contributed by atoms with Crippen molar-refractivity contribution in [3.8, 4) is 0 Å². The van der Waals surface area contributed by atoms with Crippen LogP contribution in [0.4, 0.5) is 0 Å². The number of rotatable bonds is 0. The van der Waals surface area contributed by atoms with Gasteiger partial charge in [0.15, 0.2) is 0 Å². The standard InChI is InChI=1S/C8H7NSSe/c1-9-6-4-2-3-5-7(6)10-8(9)11/h2-5H,1H3. The van der Waals surface area contributed by atoms with Crippen LogP contribution >= 0.6 is 11.3 Å². The molecule has 1 aromatic carbocycles. The molecule has 0 aliphatic rings. The number of para-hydroxylation sites is 1. The normalized spacial score (nSPS) is 10.6. The molecule has 0 bridgehead atoms. The van der Waals surface area contributed by atoms with Crippen LogP contribution in [-0.4, -0.2) is 20.1 Å². The van der Waals surface area contributed by atoms with Crippen molar-refractivity contribution in [3.05, 3.63) is 27.8 Å². The molecule has 11 heavy (non-hydrogen) atoms. The first-order valence-electron chi connectivity index (χ1n) is 3.33. The van der Waals surface area contributed by atoms with Gasteiger partial charge in [0.05, 0.1) is 0 Å². The third-order valence-corrected chi connectivity index (χ3v) is 3.81. The molecule has 0 atom stereocenters. The van der Waals surface area contributed by atoms with Crippen molar-refractivity contribution in [3.63, 3.8) is 0 Å². The van der Waals surface area contributed by atoms with Crippen molar-refractivity contribution in [1.82, 2.24) is 4.57 Å². The van der Waals surface area contributed by atoms with E-state index in [4.69, 9.17) is 0 Å². The summed E-state index contributed by atoms with van der Waals surface area (Å²) in [4.78, 5) is 0. The summed E-state index contributed by atoms with van der Waals surface area (Å²) in [6.07, 6.45) is 0. The van der Waals surface area contributed by atoms with Gasteiger partial charge in [-0.25, -0.2) is 0 Å². The number of benzene rings is 1. The first-order valence-corrected chi connectivity index (χ1v) is 5.01. The first kappa shape index (κ1) is 7.29. The van der Waals surface area contributed by atoms with Gasteiger partial charge in [-0.1, -0.05) is 0 Å². The summed E-state index contributed by atoms with van der Waals surface area (Å²) < 4.78 is 4.73. The van der Waals surface area contributed by atoms with Crippen molar-refractivity contribution in [1.29, 1.82) is 0 Å². The van der Waals surface area contributed by atoms with E-state index in [1.807, 2.05) is 0 Å². The maximum atomic E-state index is 3.04. The van der Waals surface area contributed by atoms with Crippen LogP contribution in [-0.2, 0) is 7.05 Å². The number of thiazole rings is 1. The van der Waals surface area contributed by atoms with Crippen molar-refractivity contribution in [2.75, 3.05) is 0 Å². The van der Waals surface area contributed by atoms with E-state index in [0.717, 1.165) is 0 Å². The second kappa shape index (κ2) is 2.59. The molecule has 0 saturated heterocycles. The molecule has 0 spiro atoms. The van der Waals surface area contributed by atoms with E-state index in [0.29, 0.717) is 0 Å². The monoisotopic (exact) mass is 229 g/mol. The van der Waals surface area contributed by atoms with Gasteiger partial charge in [-0.15, -0.1) is 0 Å². The van der Waals surface area contributed by atoms with Gasteiger partial charge in [0.2, 0.25) is 0 Å². The molecular weight excluding hydrogens is 221 g/mol. The second-order valence-corrected chi connectivity index (χ2v) is 4.82. The molecule has 1 aromatic heterocycles. The van der Waals surface area contributed by atoms with Crippen LogP contribution in [0.3, 0.4) is 0 Å². The van der Waals surface area contributed by atoms with Gasteiger partial charge in [-0.05, 0) is 0 Å². The van der Waals surface area contributed by atoms with E-state index in [1.54, 1.807) is 11.3 Å². The van der Waals surface area contributed by atoms with E-state index >= 15 is 0 Å². The summed E-state index contributed by atoms with van der Waals surface area (Å²) in [7, 11) is 2.07. The molecule has 1 nitrogen and oxygen atoms in total. The van der Waals surface area contributed by atoms with Crippen LogP contribution in [0.5, 0.6) is 0 Å². The Hall–Kier alpha value is -0.371.